The summed E-state index contributed by atoms with van der Waals surface area (Å²) in [6.45, 7) is 6.56. The lowest BCUT2D eigenvalue weighted by molar-refractivity contribution is 0.291. The summed E-state index contributed by atoms with van der Waals surface area (Å²) >= 11 is 3.35. The number of hydrogen-bond acceptors (Lipinski definition) is 4. The van der Waals surface area contributed by atoms with Crippen molar-refractivity contribution < 1.29 is 0 Å². The van der Waals surface area contributed by atoms with Gasteiger partial charge in [-0.2, -0.15) is 4.98 Å². The first kappa shape index (κ1) is 11.6. The van der Waals surface area contributed by atoms with Gasteiger partial charge in [-0.25, -0.2) is 4.98 Å². The lowest BCUT2D eigenvalue weighted by Gasteiger charge is -2.38. The fourth-order valence-electron chi connectivity index (χ4n) is 2.16. The molecule has 1 saturated heterocycles. The summed E-state index contributed by atoms with van der Waals surface area (Å²) in [7, 11) is 0. The van der Waals surface area contributed by atoms with E-state index in [4.69, 9.17) is 5.73 Å². The summed E-state index contributed by atoms with van der Waals surface area (Å²) in [6, 6.07) is 1.72. The van der Waals surface area contributed by atoms with E-state index in [-0.39, 0.29) is 0 Å². The molecule has 2 heterocycles. The van der Waals surface area contributed by atoms with Crippen molar-refractivity contribution in [2.45, 2.75) is 26.7 Å². The third kappa shape index (κ3) is 2.64. The summed E-state index contributed by atoms with van der Waals surface area (Å²) in [5.74, 6) is 1.25. The lowest BCUT2D eigenvalue weighted by Crippen LogP contribution is -2.41. The highest BCUT2D eigenvalue weighted by Gasteiger charge is 2.27. The number of halogens is 1. The van der Waals surface area contributed by atoms with Crippen molar-refractivity contribution in [1.82, 2.24) is 9.97 Å². The Morgan fingerprint density at radius 2 is 2.19 bits per heavy atom. The first-order valence-corrected chi connectivity index (χ1v) is 6.31. The molecule has 16 heavy (non-hydrogen) atoms. The molecule has 1 aliphatic heterocycles. The monoisotopic (exact) mass is 284 g/mol. The highest BCUT2D eigenvalue weighted by Crippen LogP contribution is 2.30. The summed E-state index contributed by atoms with van der Waals surface area (Å²) in [5.41, 5.74) is 6.06. The molecule has 1 aromatic rings. The zero-order valence-electron chi connectivity index (χ0n) is 9.70. The van der Waals surface area contributed by atoms with Gasteiger partial charge in [0.2, 0.25) is 5.95 Å². The van der Waals surface area contributed by atoms with Crippen LogP contribution >= 0.6 is 15.9 Å². The third-order valence-electron chi connectivity index (χ3n) is 2.89. The number of nitrogen functional groups attached to an aromatic ring is 1. The van der Waals surface area contributed by atoms with Crippen LogP contribution in [0, 0.1) is 5.41 Å². The van der Waals surface area contributed by atoms with E-state index in [9.17, 15) is 0 Å². The lowest BCUT2D eigenvalue weighted by atomic mass is 9.84. The van der Waals surface area contributed by atoms with Crippen molar-refractivity contribution in [3.05, 3.63) is 10.7 Å². The fourth-order valence-corrected chi connectivity index (χ4v) is 2.55. The van der Waals surface area contributed by atoms with Gasteiger partial charge in [0.1, 0.15) is 10.4 Å². The van der Waals surface area contributed by atoms with Crippen molar-refractivity contribution in [1.29, 1.82) is 0 Å². The average molecular weight is 285 g/mol. The molecular formula is C11H17BrN4. The van der Waals surface area contributed by atoms with E-state index in [1.807, 2.05) is 0 Å². The van der Waals surface area contributed by atoms with E-state index >= 15 is 0 Å². The Bertz CT molecular complexity index is 371. The van der Waals surface area contributed by atoms with Gasteiger partial charge in [0.05, 0.1) is 0 Å². The normalized spacial score (nSPS) is 19.8. The molecule has 5 heteroatoms. The summed E-state index contributed by atoms with van der Waals surface area (Å²) in [5, 5.41) is 0. The van der Waals surface area contributed by atoms with Crippen LogP contribution in [0.4, 0.5) is 11.8 Å². The van der Waals surface area contributed by atoms with Gasteiger partial charge in [0, 0.05) is 19.2 Å². The zero-order valence-corrected chi connectivity index (χ0v) is 11.3. The van der Waals surface area contributed by atoms with Crippen molar-refractivity contribution in [3.63, 3.8) is 0 Å². The molecule has 4 nitrogen and oxygen atoms in total. The summed E-state index contributed by atoms with van der Waals surface area (Å²) < 4.78 is 0.748. The minimum atomic E-state index is 0.332. The van der Waals surface area contributed by atoms with E-state index in [2.05, 4.69) is 44.6 Å². The summed E-state index contributed by atoms with van der Waals surface area (Å²) in [6.07, 6.45) is 2.44. The predicted molar refractivity (Wildman–Crippen MR) is 69.4 cm³/mol. The smallest absolute Gasteiger partial charge is 0.228 e. The number of aromatic nitrogens is 2. The van der Waals surface area contributed by atoms with Crippen LogP contribution in [-0.4, -0.2) is 23.1 Å². The van der Waals surface area contributed by atoms with Crippen LogP contribution < -0.4 is 10.6 Å². The van der Waals surface area contributed by atoms with Gasteiger partial charge in [-0.1, -0.05) is 13.8 Å². The molecule has 0 bridgehead atoms. The second-order valence-corrected chi connectivity index (χ2v) is 5.92. The van der Waals surface area contributed by atoms with Crippen LogP contribution in [0.15, 0.2) is 10.7 Å². The number of hydrogen-bond donors (Lipinski definition) is 1. The molecule has 2 N–H and O–H groups in total. The van der Waals surface area contributed by atoms with E-state index in [1.165, 1.54) is 12.8 Å². The predicted octanol–water partition coefficient (Wildman–Crippen LogP) is 2.45. The van der Waals surface area contributed by atoms with E-state index in [1.54, 1.807) is 6.07 Å². The molecule has 1 aliphatic rings. The Morgan fingerprint density at radius 3 is 2.81 bits per heavy atom. The maximum atomic E-state index is 5.73. The van der Waals surface area contributed by atoms with Crippen molar-refractivity contribution >= 4 is 27.7 Å². The topological polar surface area (TPSA) is 55.0 Å². The van der Waals surface area contributed by atoms with Crippen molar-refractivity contribution in [2.75, 3.05) is 23.7 Å². The van der Waals surface area contributed by atoms with Gasteiger partial charge >= 0.3 is 0 Å². The maximum absolute atomic E-state index is 5.73. The largest absolute Gasteiger partial charge is 0.383 e. The minimum absolute atomic E-state index is 0.332. The second kappa shape index (κ2) is 4.20. The van der Waals surface area contributed by atoms with Gasteiger partial charge in [0.15, 0.2) is 0 Å². The van der Waals surface area contributed by atoms with Crippen LogP contribution in [0.5, 0.6) is 0 Å². The first-order valence-electron chi connectivity index (χ1n) is 5.51. The quantitative estimate of drug-likeness (QED) is 0.805. The Labute approximate surface area is 104 Å². The fraction of sp³-hybridized carbons (Fsp3) is 0.636. The van der Waals surface area contributed by atoms with E-state index in [0.29, 0.717) is 11.2 Å². The molecule has 1 fully saturated rings. The Kier molecular flexibility index (Phi) is 3.06. The average Bonchev–Trinajstić information content (AvgIpc) is 2.14. The molecular weight excluding hydrogens is 268 g/mol. The van der Waals surface area contributed by atoms with Crippen LogP contribution in [0.2, 0.25) is 0 Å². The zero-order chi connectivity index (χ0) is 11.8. The molecule has 0 radical (unpaired) electrons. The molecule has 0 aliphatic carbocycles. The van der Waals surface area contributed by atoms with Crippen LogP contribution in [0.25, 0.3) is 0 Å². The van der Waals surface area contributed by atoms with E-state index in [0.717, 1.165) is 23.6 Å². The minimum Gasteiger partial charge on any atom is -0.383 e. The number of nitrogens with zero attached hydrogens (tertiary/aromatic N) is 3. The molecule has 0 unspecified atom stereocenters. The Morgan fingerprint density at radius 1 is 1.44 bits per heavy atom. The van der Waals surface area contributed by atoms with Gasteiger partial charge in [-0.05, 0) is 34.2 Å². The van der Waals surface area contributed by atoms with Crippen LogP contribution in [-0.2, 0) is 0 Å². The molecule has 2 rings (SSSR count). The molecule has 0 aromatic carbocycles. The van der Waals surface area contributed by atoms with Gasteiger partial charge < -0.3 is 10.6 Å². The van der Waals surface area contributed by atoms with Crippen LogP contribution in [0.3, 0.4) is 0 Å². The molecule has 0 atom stereocenters. The first-order chi connectivity index (χ1) is 7.46. The maximum Gasteiger partial charge on any atom is 0.228 e. The molecule has 0 spiro atoms. The van der Waals surface area contributed by atoms with E-state index < -0.39 is 0 Å². The summed E-state index contributed by atoms with van der Waals surface area (Å²) in [4.78, 5) is 10.9. The molecule has 1 aromatic heterocycles. The number of nitrogens with two attached hydrogens (primary N) is 1. The number of anilines is 2. The molecule has 88 valence electrons. The van der Waals surface area contributed by atoms with Crippen LogP contribution in [0.1, 0.15) is 26.7 Å². The van der Waals surface area contributed by atoms with Gasteiger partial charge in [-0.15, -0.1) is 0 Å². The highest BCUT2D eigenvalue weighted by atomic mass is 79.9. The molecule has 0 saturated carbocycles. The van der Waals surface area contributed by atoms with Gasteiger partial charge in [-0.3, -0.25) is 0 Å². The van der Waals surface area contributed by atoms with Gasteiger partial charge in [0.25, 0.3) is 0 Å². The van der Waals surface area contributed by atoms with Crippen molar-refractivity contribution in [3.8, 4) is 0 Å². The number of rotatable bonds is 1. The Balaban J connectivity index is 2.23. The SMILES string of the molecule is CC1(C)CCCN(c2nc(N)cc(Br)n2)C1. The standard InChI is InChI=1S/C11H17BrN4/c1-11(2)4-3-5-16(7-11)10-14-8(12)6-9(13)15-10/h6H,3-5,7H2,1-2H3,(H2,13,14,15). The van der Waals surface area contributed by atoms with Crippen molar-refractivity contribution in [2.24, 2.45) is 5.41 Å². The Hall–Kier alpha value is -0.840. The molecule has 0 amide bonds. The second-order valence-electron chi connectivity index (χ2n) is 5.10. The number of piperidine rings is 1. The highest BCUT2D eigenvalue weighted by molar-refractivity contribution is 9.10. The third-order valence-corrected chi connectivity index (χ3v) is 3.29.